The Hall–Kier alpha value is -0.980. The van der Waals surface area contributed by atoms with E-state index in [2.05, 4.69) is 45.0 Å². The third-order valence-electron chi connectivity index (χ3n) is 4.83. The molecule has 0 radical (unpaired) electrons. The maximum atomic E-state index is 6.09. The molecular formula is C20H24Cl2. The van der Waals surface area contributed by atoms with Crippen LogP contribution < -0.4 is 0 Å². The van der Waals surface area contributed by atoms with Crippen molar-refractivity contribution >= 4 is 23.2 Å². The summed E-state index contributed by atoms with van der Waals surface area (Å²) < 4.78 is 0. The van der Waals surface area contributed by atoms with E-state index in [-0.39, 0.29) is 5.41 Å². The Morgan fingerprint density at radius 2 is 1.23 bits per heavy atom. The molecule has 22 heavy (non-hydrogen) atoms. The summed E-state index contributed by atoms with van der Waals surface area (Å²) in [7, 11) is 0. The van der Waals surface area contributed by atoms with E-state index in [4.69, 9.17) is 23.2 Å². The normalized spacial score (nSPS) is 13.1. The zero-order chi connectivity index (χ0) is 16.2. The fourth-order valence-electron chi connectivity index (χ4n) is 3.48. The van der Waals surface area contributed by atoms with Gasteiger partial charge >= 0.3 is 0 Å². The SMILES string of the molecule is CCCC(CC)C(C)(c1ccc(Cl)cc1)c1ccc(Cl)cc1. The maximum Gasteiger partial charge on any atom is 0.0406 e. The van der Waals surface area contributed by atoms with Crippen molar-refractivity contribution in [2.24, 2.45) is 5.92 Å². The summed E-state index contributed by atoms with van der Waals surface area (Å²) in [6, 6.07) is 16.6. The number of halogens is 2. The van der Waals surface area contributed by atoms with Crippen molar-refractivity contribution in [1.29, 1.82) is 0 Å². The second kappa shape index (κ2) is 7.53. The molecule has 0 saturated carbocycles. The van der Waals surface area contributed by atoms with Gasteiger partial charge in [0.15, 0.2) is 0 Å². The minimum Gasteiger partial charge on any atom is -0.0843 e. The molecule has 0 aromatic heterocycles. The maximum absolute atomic E-state index is 6.09. The molecule has 0 saturated heterocycles. The van der Waals surface area contributed by atoms with Gasteiger partial charge < -0.3 is 0 Å². The molecule has 0 nitrogen and oxygen atoms in total. The molecule has 0 bridgehead atoms. The van der Waals surface area contributed by atoms with Gasteiger partial charge in [-0.25, -0.2) is 0 Å². The molecule has 0 fully saturated rings. The van der Waals surface area contributed by atoms with Crippen molar-refractivity contribution in [3.05, 3.63) is 69.7 Å². The fourth-order valence-corrected chi connectivity index (χ4v) is 3.73. The molecule has 0 heterocycles. The van der Waals surface area contributed by atoms with E-state index < -0.39 is 0 Å². The van der Waals surface area contributed by atoms with Gasteiger partial charge in [-0.05, 0) is 47.7 Å². The Morgan fingerprint density at radius 1 is 0.818 bits per heavy atom. The Labute approximate surface area is 144 Å². The average Bonchev–Trinajstić information content (AvgIpc) is 2.53. The lowest BCUT2D eigenvalue weighted by Crippen LogP contribution is -2.33. The van der Waals surface area contributed by atoms with E-state index in [1.165, 1.54) is 24.0 Å². The lowest BCUT2D eigenvalue weighted by Gasteiger charge is -2.39. The molecular weight excluding hydrogens is 311 g/mol. The summed E-state index contributed by atoms with van der Waals surface area (Å²) in [5, 5.41) is 1.57. The topological polar surface area (TPSA) is 0 Å². The van der Waals surface area contributed by atoms with E-state index >= 15 is 0 Å². The van der Waals surface area contributed by atoms with Crippen molar-refractivity contribution < 1.29 is 0 Å². The Bertz CT molecular complexity index is 539. The van der Waals surface area contributed by atoms with Gasteiger partial charge in [0.05, 0.1) is 0 Å². The minimum absolute atomic E-state index is 0.0278. The van der Waals surface area contributed by atoms with Crippen LogP contribution in [0.25, 0.3) is 0 Å². The van der Waals surface area contributed by atoms with Crippen molar-refractivity contribution in [2.45, 2.75) is 45.4 Å². The van der Waals surface area contributed by atoms with Crippen molar-refractivity contribution in [3.8, 4) is 0 Å². The highest BCUT2D eigenvalue weighted by Crippen LogP contribution is 2.43. The molecule has 0 amide bonds. The monoisotopic (exact) mass is 334 g/mol. The molecule has 0 aliphatic rings. The number of hydrogen-bond acceptors (Lipinski definition) is 0. The van der Waals surface area contributed by atoms with Crippen LogP contribution in [0, 0.1) is 5.92 Å². The summed E-state index contributed by atoms with van der Waals surface area (Å²) in [5.74, 6) is 0.583. The quantitative estimate of drug-likeness (QED) is 0.527. The molecule has 0 spiro atoms. The first-order chi connectivity index (χ1) is 10.5. The van der Waals surface area contributed by atoms with Crippen molar-refractivity contribution in [2.75, 3.05) is 0 Å². The summed E-state index contributed by atoms with van der Waals surface area (Å²) >= 11 is 12.2. The van der Waals surface area contributed by atoms with Gasteiger partial charge in [-0.2, -0.15) is 0 Å². The molecule has 2 aromatic rings. The molecule has 0 aliphatic carbocycles. The van der Waals surface area contributed by atoms with Crippen LogP contribution in [-0.2, 0) is 5.41 Å². The number of hydrogen-bond donors (Lipinski definition) is 0. The van der Waals surface area contributed by atoms with Gasteiger partial charge in [-0.15, -0.1) is 0 Å². The zero-order valence-electron chi connectivity index (χ0n) is 13.6. The van der Waals surface area contributed by atoms with Crippen LogP contribution >= 0.6 is 23.2 Å². The van der Waals surface area contributed by atoms with Gasteiger partial charge in [0, 0.05) is 15.5 Å². The van der Waals surface area contributed by atoms with Gasteiger partial charge in [-0.3, -0.25) is 0 Å². The molecule has 0 aliphatic heterocycles. The van der Waals surface area contributed by atoms with Gasteiger partial charge in [0.25, 0.3) is 0 Å². The number of rotatable bonds is 6. The van der Waals surface area contributed by atoms with Crippen LogP contribution in [0.5, 0.6) is 0 Å². The standard InChI is InChI=1S/C20H24Cl2/c1-4-6-15(5-2)20(3,16-7-11-18(21)12-8-16)17-9-13-19(22)14-10-17/h7-15H,4-6H2,1-3H3. The minimum atomic E-state index is -0.0278. The van der Waals surface area contributed by atoms with Crippen molar-refractivity contribution in [1.82, 2.24) is 0 Å². The lowest BCUT2D eigenvalue weighted by atomic mass is 9.65. The number of benzene rings is 2. The molecule has 2 heteroatoms. The Kier molecular flexibility index (Phi) is 5.94. The van der Waals surface area contributed by atoms with Crippen LogP contribution in [0.15, 0.2) is 48.5 Å². The second-order valence-electron chi connectivity index (χ2n) is 6.11. The van der Waals surface area contributed by atoms with E-state index in [0.29, 0.717) is 5.92 Å². The third-order valence-corrected chi connectivity index (χ3v) is 5.34. The summed E-state index contributed by atoms with van der Waals surface area (Å²) in [4.78, 5) is 0. The molecule has 0 N–H and O–H groups in total. The Morgan fingerprint density at radius 3 is 1.55 bits per heavy atom. The van der Waals surface area contributed by atoms with Gasteiger partial charge in [0.1, 0.15) is 0 Å². The Balaban J connectivity index is 2.56. The third kappa shape index (κ3) is 3.50. The van der Waals surface area contributed by atoms with Gasteiger partial charge in [-0.1, -0.05) is 81.1 Å². The van der Waals surface area contributed by atoms with E-state index in [0.717, 1.165) is 16.5 Å². The molecule has 2 aromatic carbocycles. The predicted octanol–water partition coefficient (Wildman–Crippen LogP) is 7.13. The second-order valence-corrected chi connectivity index (χ2v) is 6.98. The highest BCUT2D eigenvalue weighted by Gasteiger charge is 2.36. The summed E-state index contributed by atoms with van der Waals surface area (Å²) in [6.45, 7) is 6.89. The highest BCUT2D eigenvalue weighted by molar-refractivity contribution is 6.30. The predicted molar refractivity (Wildman–Crippen MR) is 98.0 cm³/mol. The van der Waals surface area contributed by atoms with E-state index in [1.54, 1.807) is 0 Å². The highest BCUT2D eigenvalue weighted by atomic mass is 35.5. The van der Waals surface area contributed by atoms with E-state index in [9.17, 15) is 0 Å². The lowest BCUT2D eigenvalue weighted by molar-refractivity contribution is 0.311. The van der Waals surface area contributed by atoms with Crippen LogP contribution in [0.2, 0.25) is 10.0 Å². The van der Waals surface area contributed by atoms with Crippen LogP contribution in [-0.4, -0.2) is 0 Å². The average molecular weight is 335 g/mol. The largest absolute Gasteiger partial charge is 0.0843 e. The van der Waals surface area contributed by atoms with Crippen LogP contribution in [0.3, 0.4) is 0 Å². The van der Waals surface area contributed by atoms with Crippen LogP contribution in [0.1, 0.15) is 51.2 Å². The first kappa shape index (κ1) is 17.4. The van der Waals surface area contributed by atoms with Gasteiger partial charge in [0.2, 0.25) is 0 Å². The fraction of sp³-hybridized carbons (Fsp3) is 0.400. The first-order valence-electron chi connectivity index (χ1n) is 8.04. The van der Waals surface area contributed by atoms with E-state index in [1.807, 2.05) is 24.3 Å². The summed E-state index contributed by atoms with van der Waals surface area (Å²) in [6.07, 6.45) is 3.54. The zero-order valence-corrected chi connectivity index (χ0v) is 15.1. The summed E-state index contributed by atoms with van der Waals surface area (Å²) in [5.41, 5.74) is 2.61. The smallest absolute Gasteiger partial charge is 0.0406 e. The molecule has 2 rings (SSSR count). The molecule has 118 valence electrons. The molecule has 1 unspecified atom stereocenters. The molecule has 1 atom stereocenters. The van der Waals surface area contributed by atoms with Crippen molar-refractivity contribution in [3.63, 3.8) is 0 Å². The van der Waals surface area contributed by atoms with Crippen LogP contribution in [0.4, 0.5) is 0 Å². The first-order valence-corrected chi connectivity index (χ1v) is 8.80.